The van der Waals surface area contributed by atoms with Gasteiger partial charge in [0.05, 0.1) is 17.2 Å². The van der Waals surface area contributed by atoms with Crippen molar-refractivity contribution < 1.29 is 17.9 Å². The lowest BCUT2D eigenvalue weighted by atomic mass is 10.0. The summed E-state index contributed by atoms with van der Waals surface area (Å²) >= 11 is 5.92. The molecule has 2 aromatic rings. The summed E-state index contributed by atoms with van der Waals surface area (Å²) in [4.78, 5) is 14.8. The van der Waals surface area contributed by atoms with Gasteiger partial charge in [-0.25, -0.2) is 8.42 Å². The van der Waals surface area contributed by atoms with E-state index in [1.807, 2.05) is 6.92 Å². The number of hydrogen-bond acceptors (Lipinski definition) is 4. The Morgan fingerprint density at radius 2 is 1.83 bits per heavy atom. The predicted molar refractivity (Wildman–Crippen MR) is 119 cm³/mol. The van der Waals surface area contributed by atoms with Crippen LogP contribution < -0.4 is 9.04 Å². The molecule has 0 aliphatic carbocycles. The quantitative estimate of drug-likeness (QED) is 0.634. The Bertz CT molecular complexity index is 962. The monoisotopic (exact) mass is 450 g/mol. The zero-order valence-electron chi connectivity index (χ0n) is 17.3. The van der Waals surface area contributed by atoms with Crippen LogP contribution in [0.25, 0.3) is 0 Å². The summed E-state index contributed by atoms with van der Waals surface area (Å²) in [6.07, 6.45) is 2.01. The zero-order valence-corrected chi connectivity index (χ0v) is 18.8. The minimum absolute atomic E-state index is 0.0839. The van der Waals surface area contributed by atoms with Crippen molar-refractivity contribution in [1.29, 1.82) is 0 Å². The molecular formula is C22H27ClN2O4S. The minimum Gasteiger partial charge on any atom is -0.494 e. The third kappa shape index (κ3) is 5.26. The van der Waals surface area contributed by atoms with Gasteiger partial charge in [0.15, 0.2) is 0 Å². The predicted octanol–water partition coefficient (Wildman–Crippen LogP) is 4.19. The summed E-state index contributed by atoms with van der Waals surface area (Å²) in [7, 11) is -3.96. The first-order valence-electron chi connectivity index (χ1n) is 10.1. The Labute approximate surface area is 183 Å². The molecule has 1 unspecified atom stereocenters. The van der Waals surface area contributed by atoms with Gasteiger partial charge in [0, 0.05) is 18.1 Å². The van der Waals surface area contributed by atoms with Crippen LogP contribution >= 0.6 is 11.6 Å². The maximum atomic E-state index is 13.4. The number of anilines is 1. The van der Waals surface area contributed by atoms with Gasteiger partial charge in [-0.1, -0.05) is 18.5 Å². The third-order valence-corrected chi connectivity index (χ3v) is 7.17. The van der Waals surface area contributed by atoms with Gasteiger partial charge in [-0.3, -0.25) is 9.10 Å². The molecule has 1 atom stereocenters. The first-order chi connectivity index (χ1) is 14.3. The highest BCUT2D eigenvalue weighted by Crippen LogP contribution is 2.27. The number of ether oxygens (including phenoxy) is 1. The molecule has 0 radical (unpaired) electrons. The number of sulfonamides is 1. The van der Waals surface area contributed by atoms with Crippen molar-refractivity contribution in [2.45, 2.75) is 31.6 Å². The molecule has 0 saturated carbocycles. The van der Waals surface area contributed by atoms with Gasteiger partial charge in [0.2, 0.25) is 5.91 Å². The van der Waals surface area contributed by atoms with Crippen LogP contribution in [-0.4, -0.2) is 45.5 Å². The van der Waals surface area contributed by atoms with Gasteiger partial charge in [0.25, 0.3) is 10.0 Å². The number of amides is 1. The fourth-order valence-corrected chi connectivity index (χ4v) is 5.10. The number of nitrogens with zero attached hydrogens (tertiary/aromatic N) is 2. The van der Waals surface area contributed by atoms with E-state index in [0.717, 1.165) is 17.1 Å². The highest BCUT2D eigenvalue weighted by molar-refractivity contribution is 7.92. The molecule has 1 aliphatic heterocycles. The second-order valence-corrected chi connectivity index (χ2v) is 9.78. The smallest absolute Gasteiger partial charge is 0.264 e. The molecule has 0 spiro atoms. The molecule has 1 fully saturated rings. The average Bonchev–Trinajstić information content (AvgIpc) is 2.73. The van der Waals surface area contributed by atoms with E-state index in [1.165, 1.54) is 24.3 Å². The van der Waals surface area contributed by atoms with Crippen molar-refractivity contribution in [2.24, 2.45) is 5.92 Å². The van der Waals surface area contributed by atoms with Crippen LogP contribution in [0.1, 0.15) is 26.7 Å². The van der Waals surface area contributed by atoms with Crippen LogP contribution in [0.2, 0.25) is 5.02 Å². The van der Waals surface area contributed by atoms with Crippen LogP contribution in [0.5, 0.6) is 5.75 Å². The Morgan fingerprint density at radius 1 is 1.17 bits per heavy atom. The summed E-state index contributed by atoms with van der Waals surface area (Å²) in [5.41, 5.74) is 0.409. The zero-order chi connectivity index (χ0) is 21.7. The van der Waals surface area contributed by atoms with Crippen molar-refractivity contribution in [3.8, 4) is 5.75 Å². The lowest BCUT2D eigenvalue weighted by molar-refractivity contribution is -0.131. The molecule has 1 heterocycles. The van der Waals surface area contributed by atoms with Gasteiger partial charge in [-0.15, -0.1) is 0 Å². The van der Waals surface area contributed by atoms with Crippen LogP contribution in [0.15, 0.2) is 53.4 Å². The van der Waals surface area contributed by atoms with Gasteiger partial charge in [-0.2, -0.15) is 0 Å². The van der Waals surface area contributed by atoms with Gasteiger partial charge >= 0.3 is 0 Å². The Hall–Kier alpha value is -2.25. The SMILES string of the molecule is CCOc1ccc(N(CC(=O)N2CCCC(C)C2)S(=O)(=O)c2ccc(Cl)cc2)cc1. The summed E-state index contributed by atoms with van der Waals surface area (Å²) in [6.45, 7) is 5.54. The molecule has 3 rings (SSSR count). The molecule has 0 aromatic heterocycles. The molecular weight excluding hydrogens is 424 g/mol. The number of rotatable bonds is 7. The Morgan fingerprint density at radius 3 is 2.43 bits per heavy atom. The van der Waals surface area contributed by atoms with E-state index in [-0.39, 0.29) is 17.3 Å². The second kappa shape index (κ2) is 9.71. The number of hydrogen-bond donors (Lipinski definition) is 0. The Balaban J connectivity index is 1.93. The van der Waals surface area contributed by atoms with E-state index >= 15 is 0 Å². The molecule has 0 bridgehead atoms. The van der Waals surface area contributed by atoms with Crippen molar-refractivity contribution in [3.63, 3.8) is 0 Å². The number of likely N-dealkylation sites (tertiary alicyclic amines) is 1. The molecule has 162 valence electrons. The van der Waals surface area contributed by atoms with Crippen LogP contribution in [-0.2, 0) is 14.8 Å². The van der Waals surface area contributed by atoms with E-state index in [1.54, 1.807) is 29.2 Å². The molecule has 8 heteroatoms. The van der Waals surface area contributed by atoms with Crippen LogP contribution in [0.4, 0.5) is 5.69 Å². The molecule has 30 heavy (non-hydrogen) atoms. The normalized spacial score (nSPS) is 16.9. The maximum absolute atomic E-state index is 13.4. The van der Waals surface area contributed by atoms with Gasteiger partial charge in [-0.05, 0) is 74.2 Å². The number of piperidine rings is 1. The van der Waals surface area contributed by atoms with Gasteiger partial charge in [0.1, 0.15) is 12.3 Å². The minimum atomic E-state index is -3.96. The molecule has 6 nitrogen and oxygen atoms in total. The molecule has 1 saturated heterocycles. The second-order valence-electron chi connectivity index (χ2n) is 7.48. The molecule has 1 amide bonds. The van der Waals surface area contributed by atoms with E-state index in [2.05, 4.69) is 6.92 Å². The van der Waals surface area contributed by atoms with E-state index in [4.69, 9.17) is 16.3 Å². The topological polar surface area (TPSA) is 66.9 Å². The molecule has 1 aliphatic rings. The average molecular weight is 451 g/mol. The summed E-state index contributed by atoms with van der Waals surface area (Å²) < 4.78 is 33.5. The summed E-state index contributed by atoms with van der Waals surface area (Å²) in [6, 6.07) is 12.7. The fourth-order valence-electron chi connectivity index (χ4n) is 3.56. The first kappa shape index (κ1) is 22.4. The molecule has 0 N–H and O–H groups in total. The Kier molecular flexibility index (Phi) is 7.26. The largest absolute Gasteiger partial charge is 0.494 e. The van der Waals surface area contributed by atoms with Crippen LogP contribution in [0.3, 0.4) is 0 Å². The number of carbonyl (C=O) groups is 1. The van der Waals surface area contributed by atoms with Crippen molar-refractivity contribution in [3.05, 3.63) is 53.6 Å². The lowest BCUT2D eigenvalue weighted by Crippen LogP contribution is -2.46. The first-order valence-corrected chi connectivity index (χ1v) is 11.9. The van der Waals surface area contributed by atoms with E-state index in [9.17, 15) is 13.2 Å². The number of carbonyl (C=O) groups excluding carboxylic acids is 1. The summed E-state index contributed by atoms with van der Waals surface area (Å²) in [5, 5.41) is 0.444. The third-order valence-electron chi connectivity index (χ3n) is 5.13. The van der Waals surface area contributed by atoms with Crippen molar-refractivity contribution in [1.82, 2.24) is 4.90 Å². The van der Waals surface area contributed by atoms with E-state index in [0.29, 0.717) is 42.1 Å². The van der Waals surface area contributed by atoms with E-state index < -0.39 is 10.0 Å². The maximum Gasteiger partial charge on any atom is 0.264 e. The highest BCUT2D eigenvalue weighted by Gasteiger charge is 2.30. The fraction of sp³-hybridized carbons (Fsp3) is 0.409. The standard InChI is InChI=1S/C22H27ClN2O4S/c1-3-29-20-10-8-19(9-11-20)25(16-22(26)24-14-4-5-17(2)15-24)30(27,28)21-12-6-18(23)7-13-21/h6-13,17H,3-5,14-16H2,1-2H3. The highest BCUT2D eigenvalue weighted by atomic mass is 35.5. The number of halogens is 1. The van der Waals surface area contributed by atoms with Crippen molar-refractivity contribution in [2.75, 3.05) is 30.5 Å². The van der Waals surface area contributed by atoms with Crippen molar-refractivity contribution >= 4 is 33.2 Å². The number of benzene rings is 2. The molecule has 2 aromatic carbocycles. The van der Waals surface area contributed by atoms with Crippen LogP contribution in [0, 0.1) is 5.92 Å². The summed E-state index contributed by atoms with van der Waals surface area (Å²) in [5.74, 6) is 0.851. The van der Waals surface area contributed by atoms with Gasteiger partial charge < -0.3 is 9.64 Å². The lowest BCUT2D eigenvalue weighted by Gasteiger charge is -2.33.